The fourth-order valence-electron chi connectivity index (χ4n) is 3.27. The first kappa shape index (κ1) is 25.3. The van der Waals surface area contributed by atoms with Gasteiger partial charge in [0.15, 0.2) is 0 Å². The number of aliphatic hydroxyl groups excluding tert-OH is 2. The van der Waals surface area contributed by atoms with Crippen molar-refractivity contribution in [2.45, 2.75) is 18.9 Å². The van der Waals surface area contributed by atoms with Crippen molar-refractivity contribution in [3.8, 4) is 5.75 Å². The maximum absolute atomic E-state index is 12.7. The molecule has 0 aliphatic heterocycles. The van der Waals surface area contributed by atoms with Crippen molar-refractivity contribution in [3.63, 3.8) is 0 Å². The van der Waals surface area contributed by atoms with Gasteiger partial charge in [0.25, 0.3) is 5.91 Å². The lowest BCUT2D eigenvalue weighted by Crippen LogP contribution is -2.48. The van der Waals surface area contributed by atoms with Gasteiger partial charge in [-0.15, -0.1) is 0 Å². The number of benzene rings is 2. The second-order valence-electron chi connectivity index (χ2n) is 7.24. The van der Waals surface area contributed by atoms with Gasteiger partial charge in [-0.2, -0.15) is 0 Å². The van der Waals surface area contributed by atoms with Gasteiger partial charge in [-0.25, -0.2) is 4.79 Å². The summed E-state index contributed by atoms with van der Waals surface area (Å²) in [6.07, 6.45) is -0.211. The zero-order valence-electron chi connectivity index (χ0n) is 17.4. The molecule has 0 aliphatic carbocycles. The molecule has 0 bridgehead atoms. The number of carboxylic acids is 1. The van der Waals surface area contributed by atoms with E-state index in [9.17, 15) is 24.7 Å². The third-order valence-electron chi connectivity index (χ3n) is 4.89. The van der Waals surface area contributed by atoms with Crippen LogP contribution in [0.4, 0.5) is 0 Å². The minimum absolute atomic E-state index is 0.0772. The number of hydrogen-bond acceptors (Lipinski definition) is 8. The quantitative estimate of drug-likeness (QED) is 0.207. The van der Waals surface area contributed by atoms with Crippen LogP contribution in [-0.4, -0.2) is 86.6 Å². The Morgan fingerprint density at radius 2 is 1.69 bits per heavy atom. The third kappa shape index (κ3) is 7.04. The van der Waals surface area contributed by atoms with Gasteiger partial charge in [0.1, 0.15) is 11.3 Å². The molecule has 172 valence electrons. The van der Waals surface area contributed by atoms with Crippen molar-refractivity contribution in [1.29, 1.82) is 0 Å². The number of carbonyl (C=O) groups is 2. The Balaban J connectivity index is 2.15. The molecular weight excluding hydrogens is 419 g/mol. The van der Waals surface area contributed by atoms with Crippen LogP contribution >= 0.6 is 0 Å². The van der Waals surface area contributed by atoms with Gasteiger partial charge in [0.05, 0.1) is 19.2 Å². The molecule has 0 spiro atoms. The zero-order chi connectivity index (χ0) is 23.7. The highest BCUT2D eigenvalue weighted by Gasteiger charge is 2.28. The summed E-state index contributed by atoms with van der Waals surface area (Å²) < 4.78 is 0. The molecule has 7 N–H and O–H groups in total. The molecule has 0 aliphatic rings. The van der Waals surface area contributed by atoms with E-state index in [-0.39, 0.29) is 36.3 Å². The van der Waals surface area contributed by atoms with E-state index < -0.39 is 30.7 Å². The van der Waals surface area contributed by atoms with Crippen LogP contribution in [0.1, 0.15) is 31.8 Å². The van der Waals surface area contributed by atoms with E-state index in [0.717, 1.165) is 5.56 Å². The summed E-state index contributed by atoms with van der Waals surface area (Å²) in [5.74, 6) is -3.63. The standard InChI is InChI=1S/C21H27BN2O8/c25-9-7-24(8-10-26)13-14-3-1-5-16(11-14)20(28)23-18(22(31)32)12-15-4-2-6-17(19(15)27)21(29)30/h1-6,11,18,25-27,31-32H,7-10,12-13H2,(H,23,28)(H,29,30). The number of carboxylic acid groups (broad SMARTS) is 1. The van der Waals surface area contributed by atoms with Crippen LogP contribution in [0.15, 0.2) is 42.5 Å². The Labute approximate surface area is 185 Å². The number of carbonyl (C=O) groups excluding carboxylic acids is 1. The van der Waals surface area contributed by atoms with Gasteiger partial charge < -0.3 is 35.8 Å². The molecule has 1 atom stereocenters. The molecule has 0 fully saturated rings. The number of nitrogens with one attached hydrogen (secondary N) is 1. The maximum Gasteiger partial charge on any atom is 0.475 e. The summed E-state index contributed by atoms with van der Waals surface area (Å²) in [4.78, 5) is 25.7. The Bertz CT molecular complexity index is 918. The number of amides is 1. The predicted molar refractivity (Wildman–Crippen MR) is 116 cm³/mol. The monoisotopic (exact) mass is 446 g/mol. The Morgan fingerprint density at radius 3 is 2.28 bits per heavy atom. The molecule has 1 amide bonds. The van der Waals surface area contributed by atoms with Crippen LogP contribution in [0, 0.1) is 0 Å². The van der Waals surface area contributed by atoms with Crippen LogP contribution in [0.25, 0.3) is 0 Å². The molecule has 0 heterocycles. The summed E-state index contributed by atoms with van der Waals surface area (Å²) in [6, 6.07) is 10.7. The SMILES string of the molecule is O=C(NC(Cc1cccc(C(=O)O)c1O)B(O)O)c1cccc(CN(CCO)CCO)c1. The smallest absolute Gasteiger partial charge is 0.475 e. The van der Waals surface area contributed by atoms with Crippen molar-refractivity contribution in [3.05, 3.63) is 64.7 Å². The van der Waals surface area contributed by atoms with Gasteiger partial charge in [0.2, 0.25) is 0 Å². The average molecular weight is 446 g/mol. The average Bonchev–Trinajstić information content (AvgIpc) is 2.74. The number of phenols is 1. The molecule has 11 heteroatoms. The molecule has 0 saturated carbocycles. The molecule has 10 nitrogen and oxygen atoms in total. The molecule has 1 unspecified atom stereocenters. The van der Waals surface area contributed by atoms with Gasteiger partial charge >= 0.3 is 13.1 Å². The minimum atomic E-state index is -1.96. The number of aromatic carboxylic acids is 1. The minimum Gasteiger partial charge on any atom is -0.507 e. The van der Waals surface area contributed by atoms with Crippen LogP contribution in [0.2, 0.25) is 0 Å². The molecule has 2 rings (SSSR count). The third-order valence-corrected chi connectivity index (χ3v) is 4.89. The van der Waals surface area contributed by atoms with E-state index in [1.807, 2.05) is 4.90 Å². The summed E-state index contributed by atoms with van der Waals surface area (Å²) in [5.41, 5.74) is 0.820. The number of rotatable bonds is 12. The molecule has 0 aromatic heterocycles. The first-order chi connectivity index (χ1) is 15.3. The van der Waals surface area contributed by atoms with E-state index in [1.54, 1.807) is 24.3 Å². The van der Waals surface area contributed by atoms with E-state index in [0.29, 0.717) is 19.6 Å². The molecule has 2 aromatic carbocycles. The molecule has 0 saturated heterocycles. The van der Waals surface area contributed by atoms with Crippen molar-refractivity contribution >= 4 is 19.0 Å². The topological polar surface area (TPSA) is 171 Å². The fraction of sp³-hybridized carbons (Fsp3) is 0.333. The number of aromatic hydroxyl groups is 1. The van der Waals surface area contributed by atoms with E-state index in [2.05, 4.69) is 5.32 Å². The van der Waals surface area contributed by atoms with Crippen molar-refractivity contribution in [1.82, 2.24) is 10.2 Å². The Kier molecular flexibility index (Phi) is 9.63. The number of para-hydroxylation sites is 1. The van der Waals surface area contributed by atoms with Gasteiger partial charge in [0, 0.05) is 25.2 Å². The van der Waals surface area contributed by atoms with Gasteiger partial charge in [-0.05, 0) is 35.7 Å². The van der Waals surface area contributed by atoms with Gasteiger partial charge in [-0.1, -0.05) is 24.3 Å². The lowest BCUT2D eigenvalue weighted by Gasteiger charge is -2.21. The first-order valence-electron chi connectivity index (χ1n) is 10.0. The van der Waals surface area contributed by atoms with E-state index in [4.69, 9.17) is 15.3 Å². The van der Waals surface area contributed by atoms with E-state index >= 15 is 0 Å². The first-order valence-corrected chi connectivity index (χ1v) is 10.0. The highest BCUT2D eigenvalue weighted by atomic mass is 16.4. The second kappa shape index (κ2) is 12.2. The van der Waals surface area contributed by atoms with Gasteiger partial charge in [-0.3, -0.25) is 9.69 Å². The maximum atomic E-state index is 12.7. The molecule has 0 radical (unpaired) electrons. The lowest BCUT2D eigenvalue weighted by molar-refractivity contribution is 0.0693. The second-order valence-corrected chi connectivity index (χ2v) is 7.24. The summed E-state index contributed by atoms with van der Waals surface area (Å²) in [5, 5.41) is 59.5. The van der Waals surface area contributed by atoms with Crippen molar-refractivity contribution in [2.75, 3.05) is 26.3 Å². The Morgan fingerprint density at radius 1 is 1.03 bits per heavy atom. The molecule has 32 heavy (non-hydrogen) atoms. The van der Waals surface area contributed by atoms with Crippen LogP contribution in [-0.2, 0) is 13.0 Å². The fourth-order valence-corrected chi connectivity index (χ4v) is 3.27. The summed E-state index contributed by atoms with van der Waals surface area (Å²) >= 11 is 0. The number of aliphatic hydroxyl groups is 2. The summed E-state index contributed by atoms with van der Waals surface area (Å²) in [7, 11) is -1.96. The largest absolute Gasteiger partial charge is 0.507 e. The highest BCUT2D eigenvalue weighted by molar-refractivity contribution is 6.43. The van der Waals surface area contributed by atoms with Crippen LogP contribution < -0.4 is 5.32 Å². The van der Waals surface area contributed by atoms with Crippen LogP contribution in [0.3, 0.4) is 0 Å². The Hall–Kier alpha value is -2.96. The number of nitrogens with zero attached hydrogens (tertiary/aromatic N) is 1. The van der Waals surface area contributed by atoms with Crippen molar-refractivity contribution in [2.24, 2.45) is 0 Å². The summed E-state index contributed by atoms with van der Waals surface area (Å²) in [6.45, 7) is 0.950. The normalized spacial score (nSPS) is 11.9. The lowest BCUT2D eigenvalue weighted by atomic mass is 9.75. The van der Waals surface area contributed by atoms with Crippen LogP contribution in [0.5, 0.6) is 5.75 Å². The van der Waals surface area contributed by atoms with Crippen molar-refractivity contribution < 1.29 is 40.1 Å². The molecule has 2 aromatic rings. The van der Waals surface area contributed by atoms with E-state index in [1.165, 1.54) is 18.2 Å². The zero-order valence-corrected chi connectivity index (χ0v) is 17.4. The molecular formula is C21H27BN2O8. The predicted octanol–water partition coefficient (Wildman–Crippen LogP) is -0.770. The number of hydrogen-bond donors (Lipinski definition) is 7. The highest BCUT2D eigenvalue weighted by Crippen LogP contribution is 2.24.